The third kappa shape index (κ3) is 3.04. The molecule has 0 saturated carbocycles. The average Bonchev–Trinajstić information content (AvgIpc) is 3.38. The Morgan fingerprint density at radius 1 is 0.972 bits per heavy atom. The fraction of sp³-hybridized carbons (Fsp3) is 0.179. The van der Waals surface area contributed by atoms with Gasteiger partial charge < -0.3 is 16.0 Å². The van der Waals surface area contributed by atoms with Crippen LogP contribution in [0.3, 0.4) is 0 Å². The van der Waals surface area contributed by atoms with Crippen molar-refractivity contribution in [1.29, 1.82) is 0 Å². The highest BCUT2D eigenvalue weighted by atomic mass is 16.2. The highest BCUT2D eigenvalue weighted by molar-refractivity contribution is 6.06. The van der Waals surface area contributed by atoms with Crippen molar-refractivity contribution in [2.45, 2.75) is 30.7 Å². The molecular weight excluding hydrogens is 454 g/mol. The van der Waals surface area contributed by atoms with Gasteiger partial charge in [0.15, 0.2) is 0 Å². The van der Waals surface area contributed by atoms with Gasteiger partial charge in [0, 0.05) is 22.8 Å². The van der Waals surface area contributed by atoms with Crippen LogP contribution >= 0.6 is 0 Å². The molecule has 0 fully saturated rings. The smallest absolute Gasteiger partial charge is 0.270 e. The zero-order chi connectivity index (χ0) is 24.4. The number of carbonyl (C=O) groups is 3. The lowest BCUT2D eigenvalue weighted by molar-refractivity contribution is -0.120. The normalized spacial score (nSPS) is 21.5. The number of carbonyl (C=O) groups excluding carboxylic acids is 3. The van der Waals surface area contributed by atoms with E-state index in [1.807, 2.05) is 48.5 Å². The number of rotatable bonds is 2. The third-order valence-electron chi connectivity index (χ3n) is 7.52. The summed E-state index contributed by atoms with van der Waals surface area (Å²) in [7, 11) is 0. The highest BCUT2D eigenvalue weighted by Crippen LogP contribution is 2.47. The number of benzene rings is 2. The summed E-state index contributed by atoms with van der Waals surface area (Å²) in [5, 5.41) is 9.66. The molecule has 0 bridgehead atoms. The molecule has 3 aliphatic rings. The topological polar surface area (TPSA) is 113 Å². The van der Waals surface area contributed by atoms with Gasteiger partial charge in [0.2, 0.25) is 11.8 Å². The summed E-state index contributed by atoms with van der Waals surface area (Å²) < 4.78 is 0. The van der Waals surface area contributed by atoms with Gasteiger partial charge in [-0.1, -0.05) is 30.3 Å². The fourth-order valence-corrected chi connectivity index (χ4v) is 5.79. The molecule has 4 aromatic rings. The maximum absolute atomic E-state index is 13.1. The van der Waals surface area contributed by atoms with Crippen LogP contribution in [0.25, 0.3) is 10.9 Å². The summed E-state index contributed by atoms with van der Waals surface area (Å²) in [5.41, 5.74) is 5.01. The molecule has 2 unspecified atom stereocenters. The first kappa shape index (κ1) is 20.8. The first-order valence-corrected chi connectivity index (χ1v) is 11.9. The molecule has 2 atom stereocenters. The highest BCUT2D eigenvalue weighted by Gasteiger charge is 2.51. The van der Waals surface area contributed by atoms with E-state index in [9.17, 15) is 14.4 Å². The second-order valence-electron chi connectivity index (χ2n) is 9.67. The lowest BCUT2D eigenvalue weighted by Gasteiger charge is -2.26. The third-order valence-corrected chi connectivity index (χ3v) is 7.52. The van der Waals surface area contributed by atoms with E-state index in [2.05, 4.69) is 32.0 Å². The summed E-state index contributed by atoms with van der Waals surface area (Å²) in [6.07, 6.45) is 3.02. The molecule has 0 radical (unpaired) electrons. The number of pyridine rings is 2. The van der Waals surface area contributed by atoms with Crippen LogP contribution in [-0.2, 0) is 27.8 Å². The molecule has 8 nitrogen and oxygen atoms in total. The van der Waals surface area contributed by atoms with Gasteiger partial charge in [-0.3, -0.25) is 14.4 Å². The van der Waals surface area contributed by atoms with Gasteiger partial charge in [0.1, 0.15) is 11.5 Å². The number of aromatic nitrogens is 2. The molecule has 4 heterocycles. The minimum atomic E-state index is -0.654. The predicted molar refractivity (Wildman–Crippen MR) is 134 cm³/mol. The first-order chi connectivity index (χ1) is 17.5. The molecule has 3 N–H and O–H groups in total. The largest absolute Gasteiger partial charge is 0.343 e. The summed E-state index contributed by atoms with van der Waals surface area (Å²) in [4.78, 5) is 47.2. The molecule has 36 heavy (non-hydrogen) atoms. The van der Waals surface area contributed by atoms with Crippen molar-refractivity contribution in [2.24, 2.45) is 0 Å². The van der Waals surface area contributed by atoms with Gasteiger partial charge >= 0.3 is 0 Å². The summed E-state index contributed by atoms with van der Waals surface area (Å²) in [5.74, 6) is 0.137. The van der Waals surface area contributed by atoms with Gasteiger partial charge in [0.05, 0.1) is 23.4 Å². The van der Waals surface area contributed by atoms with Crippen LogP contribution < -0.4 is 16.0 Å². The van der Waals surface area contributed by atoms with Gasteiger partial charge in [0.25, 0.3) is 5.91 Å². The van der Waals surface area contributed by atoms with Gasteiger partial charge in [-0.25, -0.2) is 9.97 Å². The number of nitrogens with one attached hydrogen (secondary N) is 3. The first-order valence-electron chi connectivity index (χ1n) is 11.9. The number of hydrogen-bond donors (Lipinski definition) is 3. The van der Waals surface area contributed by atoms with E-state index in [-0.39, 0.29) is 29.8 Å². The molecule has 2 aliphatic heterocycles. The Bertz CT molecular complexity index is 1630. The minimum Gasteiger partial charge on any atom is -0.343 e. The van der Waals surface area contributed by atoms with Crippen LogP contribution in [-0.4, -0.2) is 27.7 Å². The van der Waals surface area contributed by atoms with E-state index in [0.717, 1.165) is 27.6 Å². The lowest BCUT2D eigenvalue weighted by atomic mass is 9.79. The molecule has 2 aromatic heterocycles. The van der Waals surface area contributed by atoms with Crippen molar-refractivity contribution in [3.05, 3.63) is 94.8 Å². The number of fused-ring (bicyclic) bond motifs is 5. The fourth-order valence-electron chi connectivity index (χ4n) is 5.79. The van der Waals surface area contributed by atoms with E-state index in [4.69, 9.17) is 0 Å². The van der Waals surface area contributed by atoms with Crippen LogP contribution in [0.2, 0.25) is 0 Å². The Balaban J connectivity index is 1.19. The van der Waals surface area contributed by atoms with Crippen molar-refractivity contribution >= 4 is 40.1 Å². The summed E-state index contributed by atoms with van der Waals surface area (Å²) >= 11 is 0. The van der Waals surface area contributed by atoms with Crippen LogP contribution in [0, 0.1) is 0 Å². The Morgan fingerprint density at radius 3 is 2.69 bits per heavy atom. The minimum absolute atomic E-state index is 0.0266. The molecule has 176 valence electrons. The Kier molecular flexibility index (Phi) is 4.30. The molecule has 8 heteroatoms. The molecule has 0 saturated heterocycles. The number of hydrogen-bond acceptors (Lipinski definition) is 5. The van der Waals surface area contributed by atoms with Crippen LogP contribution in [0.15, 0.2) is 66.9 Å². The number of nitrogens with zero attached hydrogens (tertiary/aromatic N) is 2. The Hall–Kier alpha value is -4.59. The number of anilines is 2. The molecular formula is C28H21N5O3. The van der Waals surface area contributed by atoms with E-state index in [0.29, 0.717) is 29.9 Å². The van der Waals surface area contributed by atoms with E-state index >= 15 is 0 Å². The predicted octanol–water partition coefficient (Wildman–Crippen LogP) is 3.43. The van der Waals surface area contributed by atoms with Gasteiger partial charge in [-0.05, 0) is 59.9 Å². The van der Waals surface area contributed by atoms with Crippen molar-refractivity contribution in [3.8, 4) is 0 Å². The average molecular weight is 476 g/mol. The van der Waals surface area contributed by atoms with Gasteiger partial charge in [-0.2, -0.15) is 0 Å². The van der Waals surface area contributed by atoms with E-state index in [1.165, 1.54) is 0 Å². The van der Waals surface area contributed by atoms with Crippen molar-refractivity contribution in [2.75, 3.05) is 10.6 Å². The molecule has 1 aliphatic carbocycles. The van der Waals surface area contributed by atoms with Crippen LogP contribution in [0.4, 0.5) is 11.5 Å². The Morgan fingerprint density at radius 2 is 1.81 bits per heavy atom. The molecule has 1 spiro atoms. The van der Waals surface area contributed by atoms with Crippen LogP contribution in [0.1, 0.15) is 45.2 Å². The second kappa shape index (κ2) is 7.45. The zero-order valence-corrected chi connectivity index (χ0v) is 19.2. The maximum Gasteiger partial charge on any atom is 0.270 e. The van der Waals surface area contributed by atoms with E-state index in [1.54, 1.807) is 12.3 Å². The summed E-state index contributed by atoms with van der Waals surface area (Å²) in [6.45, 7) is 0. The van der Waals surface area contributed by atoms with E-state index < -0.39 is 11.5 Å². The quantitative estimate of drug-likeness (QED) is 0.411. The van der Waals surface area contributed by atoms with Crippen molar-refractivity contribution in [3.63, 3.8) is 0 Å². The van der Waals surface area contributed by atoms with Crippen LogP contribution in [0.5, 0.6) is 0 Å². The van der Waals surface area contributed by atoms with Crippen molar-refractivity contribution in [1.82, 2.24) is 15.3 Å². The SMILES string of the molecule is O=C1CC(NC(=O)c2ccc3cc4c(cc3n2)CC2(C4)C(=O)Nc3ncccc32)c2ccccc2N1. The number of amides is 3. The maximum atomic E-state index is 13.1. The molecule has 2 aromatic carbocycles. The monoisotopic (exact) mass is 475 g/mol. The zero-order valence-electron chi connectivity index (χ0n) is 19.2. The molecule has 3 amide bonds. The van der Waals surface area contributed by atoms with Gasteiger partial charge in [-0.15, -0.1) is 0 Å². The Labute approximate surface area is 206 Å². The lowest BCUT2D eigenvalue weighted by Crippen LogP contribution is -2.35. The second-order valence-corrected chi connectivity index (χ2v) is 9.67. The standard InChI is InChI=1S/C28H21N5O3/c34-24-12-23(18-4-1-2-6-20(18)31-24)32-26(35)21-8-7-15-10-16-13-28(14-17(16)11-22(15)30-21)19-5-3-9-29-25(19)33-27(28)36/h1-11,23H,12-14H2,(H,31,34)(H,32,35)(H,29,33,36). The number of para-hydroxylation sites is 1. The summed E-state index contributed by atoms with van der Waals surface area (Å²) in [6, 6.07) is 18.5. The van der Waals surface area contributed by atoms with Crippen molar-refractivity contribution < 1.29 is 14.4 Å². The molecule has 7 rings (SSSR count).